The highest BCUT2D eigenvalue weighted by atomic mass is 16.3. The van der Waals surface area contributed by atoms with Gasteiger partial charge in [0.1, 0.15) is 11.2 Å². The Hall–Kier alpha value is -8.20. The molecular formula is C60H39NO. The summed E-state index contributed by atoms with van der Waals surface area (Å²) in [6.45, 7) is 0. The lowest BCUT2D eigenvalue weighted by molar-refractivity contribution is 0.670. The third kappa shape index (κ3) is 5.88. The van der Waals surface area contributed by atoms with Gasteiger partial charge < -0.3 is 9.32 Å². The Labute approximate surface area is 360 Å². The number of benzene rings is 11. The second-order valence-corrected chi connectivity index (χ2v) is 16.0. The van der Waals surface area contributed by atoms with Crippen LogP contribution in [0, 0.1) is 0 Å². The van der Waals surface area contributed by atoms with E-state index in [1.165, 1.54) is 49.0 Å². The van der Waals surface area contributed by atoms with Gasteiger partial charge in [-0.15, -0.1) is 0 Å². The molecule has 0 aliphatic rings. The first kappa shape index (κ1) is 35.7. The van der Waals surface area contributed by atoms with E-state index in [0.717, 1.165) is 66.8 Å². The molecule has 0 saturated heterocycles. The van der Waals surface area contributed by atoms with Crippen molar-refractivity contribution in [3.8, 4) is 44.5 Å². The molecule has 290 valence electrons. The summed E-state index contributed by atoms with van der Waals surface area (Å²) in [5.74, 6) is 0. The zero-order valence-corrected chi connectivity index (χ0v) is 33.9. The number of anilines is 3. The summed E-state index contributed by atoms with van der Waals surface area (Å²) in [6.07, 6.45) is 0. The van der Waals surface area contributed by atoms with Crippen molar-refractivity contribution in [3.05, 3.63) is 237 Å². The van der Waals surface area contributed by atoms with Crippen LogP contribution in [-0.4, -0.2) is 0 Å². The molecule has 1 heterocycles. The third-order valence-electron chi connectivity index (χ3n) is 12.5. The molecule has 2 heteroatoms. The molecule has 0 N–H and O–H groups in total. The molecule has 0 spiro atoms. The molecule has 1 aromatic heterocycles. The van der Waals surface area contributed by atoms with Crippen molar-refractivity contribution in [3.63, 3.8) is 0 Å². The van der Waals surface area contributed by atoms with Gasteiger partial charge in [0.15, 0.2) is 0 Å². The second-order valence-electron chi connectivity index (χ2n) is 16.0. The van der Waals surface area contributed by atoms with E-state index in [1.54, 1.807) is 0 Å². The first-order valence-corrected chi connectivity index (χ1v) is 21.3. The van der Waals surface area contributed by atoms with E-state index in [0.29, 0.717) is 0 Å². The molecule has 0 bridgehead atoms. The highest BCUT2D eigenvalue weighted by Crippen LogP contribution is 2.49. The van der Waals surface area contributed by atoms with Crippen LogP contribution in [0.1, 0.15) is 0 Å². The molecule has 0 fully saturated rings. The molecule has 0 amide bonds. The van der Waals surface area contributed by atoms with E-state index in [4.69, 9.17) is 4.42 Å². The van der Waals surface area contributed by atoms with Gasteiger partial charge in [0.25, 0.3) is 0 Å². The molecule has 0 atom stereocenters. The smallest absolute Gasteiger partial charge is 0.145 e. The number of rotatable bonds is 7. The Bertz CT molecular complexity index is 3600. The SMILES string of the molecule is c1ccc(-c2ccccc2-c2cccc(N(c3ccccc3-c3ccc4c5ccccc5c5ccccc5c4c3)c3ccc(-c4ccccc4)c4oc5ccccc5c34)c2)cc1. The van der Waals surface area contributed by atoms with Crippen LogP contribution >= 0.6 is 0 Å². The molecule has 62 heavy (non-hydrogen) atoms. The molecule has 2 nitrogen and oxygen atoms in total. The predicted octanol–water partition coefficient (Wildman–Crippen LogP) is 17.2. The number of fused-ring (bicyclic) bond motifs is 9. The molecular weight excluding hydrogens is 751 g/mol. The van der Waals surface area contributed by atoms with Crippen LogP contribution in [0.2, 0.25) is 0 Å². The number of hydrogen-bond acceptors (Lipinski definition) is 2. The van der Waals surface area contributed by atoms with Gasteiger partial charge >= 0.3 is 0 Å². The quantitative estimate of drug-likeness (QED) is 0.150. The minimum atomic E-state index is 0.861. The van der Waals surface area contributed by atoms with E-state index in [1.807, 2.05) is 0 Å². The highest BCUT2D eigenvalue weighted by Gasteiger charge is 2.25. The third-order valence-corrected chi connectivity index (χ3v) is 12.5. The largest absolute Gasteiger partial charge is 0.455 e. The van der Waals surface area contributed by atoms with E-state index >= 15 is 0 Å². The Kier molecular flexibility index (Phi) is 8.53. The van der Waals surface area contributed by atoms with Crippen LogP contribution in [0.4, 0.5) is 17.1 Å². The summed E-state index contributed by atoms with van der Waals surface area (Å²) in [7, 11) is 0. The van der Waals surface area contributed by atoms with Gasteiger partial charge in [0.2, 0.25) is 0 Å². The van der Waals surface area contributed by atoms with Gasteiger partial charge in [-0.05, 0) is 108 Å². The monoisotopic (exact) mass is 789 g/mol. The van der Waals surface area contributed by atoms with E-state index in [2.05, 4.69) is 241 Å². The molecule has 0 aliphatic carbocycles. The number of hydrogen-bond donors (Lipinski definition) is 0. The van der Waals surface area contributed by atoms with Crippen LogP contribution in [-0.2, 0) is 0 Å². The van der Waals surface area contributed by atoms with Gasteiger partial charge in [-0.25, -0.2) is 0 Å². The minimum absolute atomic E-state index is 0.861. The van der Waals surface area contributed by atoms with Crippen LogP contribution in [0.15, 0.2) is 241 Å². The lowest BCUT2D eigenvalue weighted by Crippen LogP contribution is -2.12. The van der Waals surface area contributed by atoms with E-state index in [-0.39, 0.29) is 0 Å². The zero-order valence-electron chi connectivity index (χ0n) is 33.9. The molecule has 0 aliphatic heterocycles. The maximum Gasteiger partial charge on any atom is 0.145 e. The average Bonchev–Trinajstić information content (AvgIpc) is 3.75. The van der Waals surface area contributed by atoms with Crippen molar-refractivity contribution in [2.75, 3.05) is 4.90 Å². The van der Waals surface area contributed by atoms with Crippen molar-refractivity contribution in [2.45, 2.75) is 0 Å². The van der Waals surface area contributed by atoms with Gasteiger partial charge in [-0.1, -0.05) is 194 Å². The fourth-order valence-electron chi connectivity index (χ4n) is 9.65. The maximum absolute atomic E-state index is 6.87. The molecule has 0 radical (unpaired) electrons. The van der Waals surface area contributed by atoms with Crippen LogP contribution in [0.3, 0.4) is 0 Å². The second kappa shape index (κ2) is 14.8. The average molecular weight is 790 g/mol. The van der Waals surface area contributed by atoms with Crippen molar-refractivity contribution in [2.24, 2.45) is 0 Å². The molecule has 0 unspecified atom stereocenters. The van der Waals surface area contributed by atoms with Crippen molar-refractivity contribution in [1.29, 1.82) is 0 Å². The van der Waals surface area contributed by atoms with Crippen molar-refractivity contribution in [1.82, 2.24) is 0 Å². The number of nitrogens with zero attached hydrogens (tertiary/aromatic N) is 1. The summed E-state index contributed by atoms with van der Waals surface area (Å²) in [5.41, 5.74) is 14.1. The van der Waals surface area contributed by atoms with Crippen LogP contribution in [0.25, 0.3) is 98.8 Å². The molecule has 11 aromatic carbocycles. The first-order chi connectivity index (χ1) is 30.8. The highest BCUT2D eigenvalue weighted by molar-refractivity contribution is 6.26. The fourth-order valence-corrected chi connectivity index (χ4v) is 9.65. The first-order valence-electron chi connectivity index (χ1n) is 21.3. The minimum Gasteiger partial charge on any atom is -0.455 e. The maximum atomic E-state index is 6.87. The molecule has 12 aromatic rings. The zero-order chi connectivity index (χ0) is 41.0. The molecule has 12 rings (SSSR count). The summed E-state index contributed by atoms with van der Waals surface area (Å²) in [4.78, 5) is 2.45. The fraction of sp³-hybridized carbons (Fsp3) is 0. The van der Waals surface area contributed by atoms with Gasteiger partial charge in [0.05, 0.1) is 16.8 Å². The standard InChI is InChI=1S/C60H39NO/c1-3-18-40(19-4-1)45-24-7-8-25-46(45)42-22-17-23-44(38-42)61(57-37-36-48(41-20-5-2-6-21-41)60-59(57)54-31-14-16-33-58(54)62-60)56-32-15-13-26-47(56)43-34-35-53-51-29-10-9-27-49(51)50-28-11-12-30-52(50)55(53)39-43/h1-39H. The number of para-hydroxylation sites is 2. The lowest BCUT2D eigenvalue weighted by Gasteiger charge is -2.29. The van der Waals surface area contributed by atoms with Gasteiger partial charge in [0, 0.05) is 22.2 Å². The predicted molar refractivity (Wildman–Crippen MR) is 263 cm³/mol. The normalized spacial score (nSPS) is 11.5. The van der Waals surface area contributed by atoms with Gasteiger partial charge in [-0.2, -0.15) is 0 Å². The Morgan fingerprint density at radius 3 is 1.47 bits per heavy atom. The van der Waals surface area contributed by atoms with E-state index in [9.17, 15) is 0 Å². The summed E-state index contributed by atoms with van der Waals surface area (Å²) in [5, 5.41) is 9.71. The lowest BCUT2D eigenvalue weighted by atomic mass is 9.91. The van der Waals surface area contributed by atoms with Crippen molar-refractivity contribution >= 4 is 71.3 Å². The Balaban J connectivity index is 1.13. The van der Waals surface area contributed by atoms with Crippen LogP contribution in [0.5, 0.6) is 0 Å². The molecule has 0 saturated carbocycles. The Morgan fingerprint density at radius 1 is 0.274 bits per heavy atom. The summed E-state index contributed by atoms with van der Waals surface area (Å²) < 4.78 is 6.87. The summed E-state index contributed by atoms with van der Waals surface area (Å²) in [6, 6.07) is 85.4. The van der Waals surface area contributed by atoms with Gasteiger partial charge in [-0.3, -0.25) is 0 Å². The van der Waals surface area contributed by atoms with E-state index < -0.39 is 0 Å². The topological polar surface area (TPSA) is 16.4 Å². The van der Waals surface area contributed by atoms with Crippen LogP contribution < -0.4 is 4.90 Å². The summed E-state index contributed by atoms with van der Waals surface area (Å²) >= 11 is 0. The number of furan rings is 1. The van der Waals surface area contributed by atoms with Crippen molar-refractivity contribution < 1.29 is 4.42 Å². The Morgan fingerprint density at radius 2 is 0.774 bits per heavy atom.